The smallest absolute Gasteiger partial charge is 0.264 e. The van der Waals surface area contributed by atoms with E-state index in [1.165, 1.54) is 31.1 Å². The van der Waals surface area contributed by atoms with E-state index in [4.69, 9.17) is 4.84 Å². The van der Waals surface area contributed by atoms with Crippen LogP contribution in [-0.4, -0.2) is 12.2 Å². The summed E-state index contributed by atoms with van der Waals surface area (Å²) >= 11 is 0. The fraction of sp³-hybridized carbons (Fsp3) is 0.132. The van der Waals surface area contributed by atoms with Gasteiger partial charge in [-0.3, -0.25) is 4.84 Å². The lowest BCUT2D eigenvalue weighted by atomic mass is 9.12. The molecule has 0 N–H and O–H groups in total. The van der Waals surface area contributed by atoms with Gasteiger partial charge < -0.3 is 0 Å². The lowest BCUT2D eigenvalue weighted by molar-refractivity contribution is -0.879. The van der Waals surface area contributed by atoms with Crippen LogP contribution in [0.1, 0.15) is 25.7 Å². The first-order valence-electron chi connectivity index (χ1n) is 16.9. The second-order valence-corrected chi connectivity index (χ2v) is 13.2. The highest BCUT2D eigenvalue weighted by Crippen LogP contribution is 2.31. The second-order valence-electron chi connectivity index (χ2n) is 13.2. The van der Waals surface area contributed by atoms with Gasteiger partial charge in [-0.1, -0.05) is 12.1 Å². The first kappa shape index (κ1) is 44.5. The lowest BCUT2D eigenvalue weighted by Gasteiger charge is -2.44. The zero-order valence-corrected chi connectivity index (χ0v) is 29.4. The summed E-state index contributed by atoms with van der Waals surface area (Å²) in [5.41, 5.74) is -13.2. The van der Waals surface area contributed by atoms with Crippen molar-refractivity contribution in [3.8, 4) is 0 Å². The van der Waals surface area contributed by atoms with E-state index in [-0.39, 0.29) is 0 Å². The maximum Gasteiger partial charge on any atom is 0.264 e. The van der Waals surface area contributed by atoms with Crippen molar-refractivity contribution < 1.29 is 97.4 Å². The molecule has 0 bridgehead atoms. The molecule has 5 aromatic carbocycles. The Bertz CT molecular complexity index is 2370. The highest BCUT2D eigenvalue weighted by Gasteiger charge is 2.52. The van der Waals surface area contributed by atoms with Crippen LogP contribution >= 0.6 is 0 Å². The third-order valence-corrected chi connectivity index (χ3v) is 9.94. The highest BCUT2D eigenvalue weighted by atomic mass is 19.2. The second kappa shape index (κ2) is 16.4. The molecule has 1 aliphatic carbocycles. The van der Waals surface area contributed by atoms with Gasteiger partial charge in [-0.25, -0.2) is 87.8 Å². The molecule has 0 amide bonds. The number of halogens is 20. The Hall–Kier alpha value is -6.03. The van der Waals surface area contributed by atoms with Gasteiger partial charge in [-0.05, 0) is 37.8 Å². The molecule has 0 aliphatic heterocycles. The number of hydrogen-bond donors (Lipinski definition) is 0. The average molecular weight is 893 g/mol. The van der Waals surface area contributed by atoms with Crippen LogP contribution in [0.25, 0.3) is 10.9 Å². The summed E-state index contributed by atoms with van der Waals surface area (Å²) < 4.78 is 296. The minimum Gasteiger partial charge on any atom is -0.268 e. The first-order chi connectivity index (χ1) is 28.6. The van der Waals surface area contributed by atoms with Crippen LogP contribution in [0.15, 0.2) is 42.6 Å². The van der Waals surface area contributed by atoms with Gasteiger partial charge in [0.05, 0.1) is 5.39 Å². The number of fused-ring (bicyclic) bond motifs is 1. The molecule has 23 heteroatoms. The maximum absolute atomic E-state index is 15.4. The molecule has 61 heavy (non-hydrogen) atoms. The Kier molecular flexibility index (Phi) is 12.0. The molecule has 7 rings (SSSR count). The molecular weight excluding hydrogens is 877 g/mol. The largest absolute Gasteiger partial charge is 0.268 e. The summed E-state index contributed by atoms with van der Waals surface area (Å²) in [6.07, 6.45) is 0.167. The zero-order valence-electron chi connectivity index (χ0n) is 29.4. The third kappa shape index (κ3) is 6.84. The van der Waals surface area contributed by atoms with Crippen LogP contribution < -0.4 is 31.4 Å². The van der Waals surface area contributed by atoms with E-state index in [1.807, 2.05) is 17.0 Å². The monoisotopic (exact) mass is 893 g/mol. The minimum atomic E-state index is -7.22. The Morgan fingerprint density at radius 2 is 0.623 bits per heavy atom. The molecule has 1 aliphatic rings. The maximum atomic E-state index is 15.4. The summed E-state index contributed by atoms with van der Waals surface area (Å²) in [5, 5.41) is 1.22. The number of hydrogen-bond acceptors (Lipinski definition) is 1. The van der Waals surface area contributed by atoms with Crippen molar-refractivity contribution in [2.24, 2.45) is 0 Å². The molecule has 6 aromatic rings. The minimum absolute atomic E-state index is 0.399. The molecule has 1 fully saturated rings. The standard InChI is InChI=1S/C24BF20.C14H16NO/c26-5-1(6(27)14(35)21(42)13(5)34)25(2-7(28)15(36)22(43)16(37)8(2)29,3-9(30)17(38)23(44)18(39)10(3)31)4-11(32)19(40)24(45)20(41)12(4)33;1-4-10-14-12(6-1)7-5-11-15(14)16-13-8-2-3-9-13/h;1,4-7,10-11,13H,2-3,8-9H2/q-1;+1. The predicted octanol–water partition coefficient (Wildman–Crippen LogP) is 8.34. The molecule has 1 saturated carbocycles. The summed E-state index contributed by atoms with van der Waals surface area (Å²) in [5.74, 6) is -71.4. The number of pyridine rings is 1. The Morgan fingerprint density at radius 3 is 0.934 bits per heavy atom. The molecule has 0 radical (unpaired) electrons. The van der Waals surface area contributed by atoms with E-state index in [0.29, 0.717) is 6.10 Å². The van der Waals surface area contributed by atoms with Crippen LogP contribution in [0.5, 0.6) is 0 Å². The lowest BCUT2D eigenvalue weighted by Crippen LogP contribution is -2.81. The number of nitrogens with zero attached hydrogens (tertiary/aromatic N) is 1. The van der Waals surface area contributed by atoms with E-state index < -0.39 is 144 Å². The van der Waals surface area contributed by atoms with E-state index >= 15 is 35.1 Å². The quantitative estimate of drug-likeness (QED) is 0.0540. The number of aromatic nitrogens is 1. The van der Waals surface area contributed by atoms with Crippen molar-refractivity contribution in [1.82, 2.24) is 0 Å². The van der Waals surface area contributed by atoms with Crippen molar-refractivity contribution >= 4 is 38.9 Å². The first-order valence-corrected chi connectivity index (χ1v) is 16.9. The Morgan fingerprint density at radius 1 is 0.361 bits per heavy atom. The molecule has 1 aromatic heterocycles. The fourth-order valence-corrected chi connectivity index (χ4v) is 7.25. The highest BCUT2D eigenvalue weighted by molar-refractivity contribution is 7.20. The van der Waals surface area contributed by atoms with Crippen LogP contribution in [0, 0.1) is 116 Å². The third-order valence-electron chi connectivity index (χ3n) is 9.94. The molecule has 0 unspecified atom stereocenters. The average Bonchev–Trinajstić information content (AvgIpc) is 3.77. The zero-order chi connectivity index (χ0) is 45.2. The number of para-hydroxylation sites is 1. The van der Waals surface area contributed by atoms with Crippen molar-refractivity contribution in [1.29, 1.82) is 0 Å². The van der Waals surface area contributed by atoms with Gasteiger partial charge >= 0.3 is 0 Å². The molecular formula is C38H16BF20NO. The van der Waals surface area contributed by atoms with E-state index in [9.17, 15) is 52.7 Å². The summed E-state index contributed by atoms with van der Waals surface area (Å²) in [4.78, 5) is 6.01. The normalized spacial score (nSPS) is 13.2. The van der Waals surface area contributed by atoms with Crippen molar-refractivity contribution in [2.45, 2.75) is 31.8 Å². The van der Waals surface area contributed by atoms with E-state index in [0.717, 1.165) is 5.52 Å². The van der Waals surface area contributed by atoms with Crippen LogP contribution in [0.2, 0.25) is 0 Å². The summed E-state index contributed by atoms with van der Waals surface area (Å²) in [6, 6.07) is 12.5. The summed E-state index contributed by atoms with van der Waals surface area (Å²) in [7, 11) is 0. The number of rotatable bonds is 6. The molecule has 0 spiro atoms. The van der Waals surface area contributed by atoms with Gasteiger partial charge in [0.1, 0.15) is 52.7 Å². The van der Waals surface area contributed by atoms with Gasteiger partial charge in [0.2, 0.25) is 6.20 Å². The van der Waals surface area contributed by atoms with E-state index in [2.05, 4.69) is 30.3 Å². The predicted molar refractivity (Wildman–Crippen MR) is 172 cm³/mol. The van der Waals surface area contributed by atoms with Gasteiger partial charge in [-0.15, -0.1) is 21.9 Å². The van der Waals surface area contributed by atoms with Gasteiger partial charge in [0.25, 0.3) is 5.52 Å². The molecule has 0 saturated heterocycles. The van der Waals surface area contributed by atoms with Crippen molar-refractivity contribution in [3.05, 3.63) is 159 Å². The fourth-order valence-electron chi connectivity index (χ4n) is 7.25. The van der Waals surface area contributed by atoms with Gasteiger partial charge in [-0.2, -0.15) is 0 Å². The molecule has 322 valence electrons. The summed E-state index contributed by atoms with van der Waals surface area (Å²) in [6.45, 7) is 0. The number of benzene rings is 5. The SMILES string of the molecule is Fc1c(F)c(F)c([B-](c2c(F)c(F)c(F)c(F)c2F)(c2c(F)c(F)c(F)c(F)c2F)c2c(F)c(F)c(F)c(F)c2F)c(F)c1F.c1ccc2c(c1)ccc[n+]2OC1CCCC1. The van der Waals surface area contributed by atoms with Gasteiger partial charge in [0.15, 0.2) is 75.9 Å². The molecule has 1 heterocycles. The van der Waals surface area contributed by atoms with Crippen LogP contribution in [0.3, 0.4) is 0 Å². The topological polar surface area (TPSA) is 13.1 Å². The molecule has 0 atom stereocenters. The van der Waals surface area contributed by atoms with Crippen molar-refractivity contribution in [2.75, 3.05) is 0 Å². The van der Waals surface area contributed by atoms with Crippen LogP contribution in [0.4, 0.5) is 87.8 Å². The Balaban J connectivity index is 0.000000321. The van der Waals surface area contributed by atoms with Gasteiger partial charge in [0, 0.05) is 16.9 Å². The van der Waals surface area contributed by atoms with Crippen LogP contribution in [-0.2, 0) is 0 Å². The van der Waals surface area contributed by atoms with Crippen molar-refractivity contribution in [3.63, 3.8) is 0 Å². The molecule has 2 nitrogen and oxygen atoms in total. The Labute approximate surface area is 327 Å². The van der Waals surface area contributed by atoms with E-state index in [1.54, 1.807) is 0 Å².